The third-order valence-corrected chi connectivity index (χ3v) is 3.29. The van der Waals surface area contributed by atoms with Gasteiger partial charge >= 0.3 is 0 Å². The Morgan fingerprint density at radius 1 is 1.28 bits per heavy atom. The Morgan fingerprint density at radius 3 is 3.11 bits per heavy atom. The van der Waals surface area contributed by atoms with Gasteiger partial charge in [-0.05, 0) is 17.7 Å². The maximum absolute atomic E-state index is 12.2. The minimum absolute atomic E-state index is 0.146. The fraction of sp³-hybridized carbons (Fsp3) is 0.0714. The molecule has 4 heteroatoms. The van der Waals surface area contributed by atoms with E-state index in [4.69, 9.17) is 4.84 Å². The molecule has 18 heavy (non-hydrogen) atoms. The van der Waals surface area contributed by atoms with Crippen LogP contribution in [0.1, 0.15) is 11.1 Å². The van der Waals surface area contributed by atoms with E-state index in [0.717, 1.165) is 22.5 Å². The van der Waals surface area contributed by atoms with E-state index < -0.39 is 0 Å². The van der Waals surface area contributed by atoms with Crippen molar-refractivity contribution < 1.29 is 9.63 Å². The first-order valence-corrected chi connectivity index (χ1v) is 5.80. The fourth-order valence-electron chi connectivity index (χ4n) is 2.44. The number of fused-ring (bicyclic) bond motifs is 5. The summed E-state index contributed by atoms with van der Waals surface area (Å²) in [7, 11) is 0. The van der Waals surface area contributed by atoms with Gasteiger partial charge in [0, 0.05) is 5.56 Å². The molecular weight excluding hydrogens is 228 g/mol. The lowest BCUT2D eigenvalue weighted by Gasteiger charge is -2.37. The first-order valence-electron chi connectivity index (χ1n) is 5.80. The molecule has 1 aromatic carbocycles. The number of hydrogen-bond donors (Lipinski definition) is 1. The van der Waals surface area contributed by atoms with E-state index in [2.05, 4.69) is 5.32 Å². The van der Waals surface area contributed by atoms with Crippen molar-refractivity contribution in [2.75, 3.05) is 0 Å². The number of allylic oxidation sites excluding steroid dienone is 3. The molecule has 1 N–H and O–H groups in total. The van der Waals surface area contributed by atoms with E-state index in [1.807, 2.05) is 36.4 Å². The quantitative estimate of drug-likeness (QED) is 0.747. The second-order valence-electron chi connectivity index (χ2n) is 4.36. The molecule has 4 rings (SSSR count). The van der Waals surface area contributed by atoms with Gasteiger partial charge in [-0.25, -0.2) is 0 Å². The first kappa shape index (κ1) is 9.67. The number of nitrogens with zero attached hydrogens (tertiary/aromatic N) is 1. The number of hydrogen-bond acceptors (Lipinski definition) is 3. The SMILES string of the molecule is O=C1C2=CC=CC(=C3c4ccccc4CON13)N2. The van der Waals surface area contributed by atoms with Gasteiger partial charge < -0.3 is 5.32 Å². The van der Waals surface area contributed by atoms with E-state index >= 15 is 0 Å². The van der Waals surface area contributed by atoms with Gasteiger partial charge in [-0.2, -0.15) is 5.06 Å². The van der Waals surface area contributed by atoms with Crippen LogP contribution in [0.2, 0.25) is 0 Å². The lowest BCUT2D eigenvalue weighted by Crippen LogP contribution is -2.43. The minimum Gasteiger partial charge on any atom is -0.349 e. The lowest BCUT2D eigenvalue weighted by atomic mass is 9.99. The number of hydroxylamine groups is 2. The van der Waals surface area contributed by atoms with Gasteiger partial charge in [-0.3, -0.25) is 9.63 Å². The predicted octanol–water partition coefficient (Wildman–Crippen LogP) is 1.69. The van der Waals surface area contributed by atoms with E-state index in [1.165, 1.54) is 5.06 Å². The number of carbonyl (C=O) groups excluding carboxylic acids is 1. The maximum atomic E-state index is 12.2. The maximum Gasteiger partial charge on any atom is 0.298 e. The molecule has 4 nitrogen and oxygen atoms in total. The lowest BCUT2D eigenvalue weighted by molar-refractivity contribution is -0.169. The van der Waals surface area contributed by atoms with Crippen molar-refractivity contribution in [3.05, 3.63) is 65.0 Å². The third-order valence-electron chi connectivity index (χ3n) is 3.29. The fourth-order valence-corrected chi connectivity index (χ4v) is 2.44. The second-order valence-corrected chi connectivity index (χ2v) is 4.36. The number of benzene rings is 1. The smallest absolute Gasteiger partial charge is 0.298 e. The van der Waals surface area contributed by atoms with Gasteiger partial charge in [0.25, 0.3) is 5.91 Å². The molecule has 0 spiro atoms. The van der Waals surface area contributed by atoms with Crippen LogP contribution in [0.5, 0.6) is 0 Å². The van der Waals surface area contributed by atoms with Crippen molar-refractivity contribution in [1.82, 2.24) is 10.4 Å². The van der Waals surface area contributed by atoms with Crippen molar-refractivity contribution in [2.24, 2.45) is 0 Å². The van der Waals surface area contributed by atoms with Crippen LogP contribution < -0.4 is 5.32 Å². The van der Waals surface area contributed by atoms with Gasteiger partial charge in [0.2, 0.25) is 0 Å². The Hall–Kier alpha value is -2.33. The number of nitrogens with one attached hydrogen (secondary N) is 1. The molecule has 3 heterocycles. The second kappa shape index (κ2) is 3.34. The Labute approximate surface area is 104 Å². The minimum atomic E-state index is -0.146. The van der Waals surface area contributed by atoms with Crippen LogP contribution in [0, 0.1) is 0 Å². The van der Waals surface area contributed by atoms with Crippen LogP contribution in [0.3, 0.4) is 0 Å². The average Bonchev–Trinajstić information content (AvgIpc) is 2.44. The molecule has 3 aliphatic rings. The highest BCUT2D eigenvalue weighted by Gasteiger charge is 2.36. The summed E-state index contributed by atoms with van der Waals surface area (Å²) in [5.41, 5.74) is 4.40. The standard InChI is InChI=1S/C14H10N2O2/c17-14-12-7-3-6-11(15-12)13-10-5-2-1-4-9(10)8-18-16(13)14/h1-7,15H,8H2. The van der Waals surface area contributed by atoms with E-state index in [9.17, 15) is 4.79 Å². The number of carbonyl (C=O) groups is 1. The Bertz CT molecular complexity index is 656. The summed E-state index contributed by atoms with van der Waals surface area (Å²) in [6.07, 6.45) is 5.58. The van der Waals surface area contributed by atoms with Crippen molar-refractivity contribution in [1.29, 1.82) is 0 Å². The Morgan fingerprint density at radius 2 is 2.17 bits per heavy atom. The van der Waals surface area contributed by atoms with Gasteiger partial charge in [-0.15, -0.1) is 0 Å². The number of rotatable bonds is 0. The summed E-state index contributed by atoms with van der Waals surface area (Å²) < 4.78 is 0. The topological polar surface area (TPSA) is 41.6 Å². The summed E-state index contributed by atoms with van der Waals surface area (Å²) in [6, 6.07) is 7.98. The highest BCUT2D eigenvalue weighted by atomic mass is 16.7. The van der Waals surface area contributed by atoms with Crippen LogP contribution in [0.4, 0.5) is 0 Å². The normalized spacial score (nSPS) is 20.1. The zero-order valence-electron chi connectivity index (χ0n) is 9.51. The van der Waals surface area contributed by atoms with Crippen molar-refractivity contribution in [2.45, 2.75) is 6.61 Å². The van der Waals surface area contributed by atoms with Crippen LogP contribution in [0.25, 0.3) is 5.70 Å². The summed E-state index contributed by atoms with van der Waals surface area (Å²) in [5, 5.41) is 4.52. The molecule has 1 amide bonds. The molecule has 0 saturated heterocycles. The molecule has 0 radical (unpaired) electrons. The van der Waals surface area contributed by atoms with E-state index in [0.29, 0.717) is 12.3 Å². The molecule has 1 aromatic rings. The molecule has 3 aliphatic heterocycles. The highest BCUT2D eigenvalue weighted by Crippen LogP contribution is 2.36. The van der Waals surface area contributed by atoms with Crippen LogP contribution >= 0.6 is 0 Å². The third kappa shape index (κ3) is 1.15. The largest absolute Gasteiger partial charge is 0.349 e. The summed E-state index contributed by atoms with van der Waals surface area (Å²) >= 11 is 0. The Kier molecular flexibility index (Phi) is 1.79. The van der Waals surface area contributed by atoms with Crippen LogP contribution in [0.15, 0.2) is 53.9 Å². The number of dihydropyridines is 1. The van der Waals surface area contributed by atoms with Gasteiger partial charge in [0.1, 0.15) is 18.0 Å². The molecule has 2 bridgehead atoms. The van der Waals surface area contributed by atoms with Crippen LogP contribution in [-0.2, 0) is 16.2 Å². The highest BCUT2D eigenvalue weighted by molar-refractivity contribution is 6.02. The van der Waals surface area contributed by atoms with Gasteiger partial charge in [-0.1, -0.05) is 30.3 Å². The number of amides is 1. The molecule has 0 aromatic heterocycles. The van der Waals surface area contributed by atoms with Gasteiger partial charge in [0.15, 0.2) is 0 Å². The van der Waals surface area contributed by atoms with E-state index in [-0.39, 0.29) is 5.91 Å². The van der Waals surface area contributed by atoms with Gasteiger partial charge in [0.05, 0.1) is 5.70 Å². The summed E-state index contributed by atoms with van der Waals surface area (Å²) in [4.78, 5) is 17.8. The van der Waals surface area contributed by atoms with E-state index in [1.54, 1.807) is 6.08 Å². The molecule has 0 atom stereocenters. The summed E-state index contributed by atoms with van der Waals surface area (Å²) in [5.74, 6) is -0.146. The molecule has 0 aliphatic carbocycles. The first-order chi connectivity index (χ1) is 8.84. The monoisotopic (exact) mass is 238 g/mol. The summed E-state index contributed by atoms with van der Waals surface area (Å²) in [6.45, 7) is 0.426. The molecule has 0 saturated carbocycles. The van der Waals surface area contributed by atoms with Crippen molar-refractivity contribution in [3.63, 3.8) is 0 Å². The predicted molar refractivity (Wildman–Crippen MR) is 65.4 cm³/mol. The zero-order chi connectivity index (χ0) is 12.1. The zero-order valence-corrected chi connectivity index (χ0v) is 9.51. The average molecular weight is 238 g/mol. The van der Waals surface area contributed by atoms with Crippen molar-refractivity contribution in [3.8, 4) is 0 Å². The van der Waals surface area contributed by atoms with Crippen molar-refractivity contribution >= 4 is 11.6 Å². The molecule has 88 valence electrons. The molecule has 0 unspecified atom stereocenters. The Balaban J connectivity index is 2.00. The molecular formula is C14H10N2O2. The molecule has 0 fully saturated rings. The van der Waals surface area contributed by atoms with Crippen LogP contribution in [-0.4, -0.2) is 11.0 Å².